The van der Waals surface area contributed by atoms with Crippen LogP contribution in [0, 0.1) is 10.1 Å². The Balaban J connectivity index is 1.94. The van der Waals surface area contributed by atoms with E-state index in [4.69, 9.17) is 9.47 Å². The van der Waals surface area contributed by atoms with Gasteiger partial charge in [-0.15, -0.1) is 0 Å². The van der Waals surface area contributed by atoms with Crippen LogP contribution >= 0.6 is 0 Å². The second-order valence-corrected chi connectivity index (χ2v) is 6.06. The highest BCUT2D eigenvalue weighted by Gasteiger charge is 2.13. The average Bonchev–Trinajstić information content (AvgIpc) is 2.65. The second-order valence-electron chi connectivity index (χ2n) is 6.06. The van der Waals surface area contributed by atoms with E-state index >= 15 is 0 Å². The number of rotatable bonds is 8. The summed E-state index contributed by atoms with van der Waals surface area (Å²) >= 11 is 0. The van der Waals surface area contributed by atoms with Crippen molar-refractivity contribution in [2.45, 2.75) is 12.5 Å². The molecule has 1 atom stereocenters. The van der Waals surface area contributed by atoms with Crippen LogP contribution in [0.5, 0.6) is 11.5 Å². The number of hydrogen-bond acceptors (Lipinski definition) is 6. The molecule has 2 rings (SSSR count). The highest BCUT2D eigenvalue weighted by molar-refractivity contribution is 5.70. The van der Waals surface area contributed by atoms with E-state index in [-0.39, 0.29) is 11.7 Å². The largest absolute Gasteiger partial charge is 0.494 e. The third kappa shape index (κ3) is 5.96. The molecule has 0 bridgehead atoms. The first-order valence-corrected chi connectivity index (χ1v) is 8.44. The van der Waals surface area contributed by atoms with Crippen LogP contribution in [0.3, 0.4) is 0 Å². The third-order valence-electron chi connectivity index (χ3n) is 3.90. The molecule has 2 aromatic rings. The maximum atomic E-state index is 11.7. The van der Waals surface area contributed by atoms with E-state index in [2.05, 4.69) is 5.32 Å². The number of nitro groups is 1. The number of benzene rings is 2. The normalized spacial score (nSPS) is 11.5. The predicted molar refractivity (Wildman–Crippen MR) is 101 cm³/mol. The van der Waals surface area contributed by atoms with Gasteiger partial charge in [0.25, 0.3) is 5.69 Å². The van der Waals surface area contributed by atoms with Gasteiger partial charge in [-0.05, 0) is 36.9 Å². The van der Waals surface area contributed by atoms with Crippen LogP contribution in [0.15, 0.2) is 48.5 Å². The van der Waals surface area contributed by atoms with Gasteiger partial charge in [-0.2, -0.15) is 0 Å². The second kappa shape index (κ2) is 9.54. The molecule has 1 N–H and O–H groups in total. The molecule has 0 radical (unpaired) electrons. The first-order valence-electron chi connectivity index (χ1n) is 8.44. The molecule has 0 aromatic heterocycles. The van der Waals surface area contributed by atoms with Gasteiger partial charge < -0.3 is 19.7 Å². The van der Waals surface area contributed by atoms with E-state index in [1.165, 1.54) is 17.0 Å². The minimum atomic E-state index is -0.448. The van der Waals surface area contributed by atoms with E-state index in [1.54, 1.807) is 32.3 Å². The van der Waals surface area contributed by atoms with Gasteiger partial charge in [-0.3, -0.25) is 10.1 Å². The molecule has 0 aliphatic heterocycles. The summed E-state index contributed by atoms with van der Waals surface area (Å²) in [5, 5.41) is 13.9. The topological polar surface area (TPSA) is 93.9 Å². The standard InChI is InChI=1S/C19H23N3O5/c1-20-18(11-12-26-16-9-7-15(8-10-16)22(24)25)14-5-4-6-17(13-14)27-19(23)21(2)3/h4-10,13,18,20H,11-12H2,1-3H3. The van der Waals surface area contributed by atoms with E-state index in [0.717, 1.165) is 5.56 Å². The first kappa shape index (κ1) is 20.2. The Morgan fingerprint density at radius 3 is 2.48 bits per heavy atom. The Hall–Kier alpha value is -3.13. The van der Waals surface area contributed by atoms with Crippen LogP contribution in [0.2, 0.25) is 0 Å². The van der Waals surface area contributed by atoms with Gasteiger partial charge in [0, 0.05) is 38.7 Å². The molecule has 1 amide bonds. The van der Waals surface area contributed by atoms with Crippen molar-refractivity contribution in [2.24, 2.45) is 0 Å². The lowest BCUT2D eigenvalue weighted by atomic mass is 10.0. The number of non-ortho nitro benzene ring substituents is 1. The van der Waals surface area contributed by atoms with E-state index < -0.39 is 11.0 Å². The highest BCUT2D eigenvalue weighted by Crippen LogP contribution is 2.23. The van der Waals surface area contributed by atoms with Crippen molar-refractivity contribution in [2.75, 3.05) is 27.7 Å². The molecule has 0 aliphatic rings. The van der Waals surface area contributed by atoms with Gasteiger partial charge in [0.15, 0.2) is 0 Å². The number of nitrogens with one attached hydrogen (secondary N) is 1. The van der Waals surface area contributed by atoms with Crippen molar-refractivity contribution in [3.63, 3.8) is 0 Å². The minimum absolute atomic E-state index is 0.000978. The lowest BCUT2D eigenvalue weighted by Crippen LogP contribution is -2.25. The SMILES string of the molecule is CNC(CCOc1ccc([N+](=O)[O-])cc1)c1cccc(OC(=O)N(C)C)c1. The molecule has 0 fully saturated rings. The molecule has 1 unspecified atom stereocenters. The van der Waals surface area contributed by atoms with Crippen molar-refractivity contribution >= 4 is 11.8 Å². The van der Waals surface area contributed by atoms with Gasteiger partial charge in [0.2, 0.25) is 0 Å². The first-order chi connectivity index (χ1) is 12.9. The molecule has 0 heterocycles. The van der Waals surface area contributed by atoms with Crippen molar-refractivity contribution in [1.29, 1.82) is 0 Å². The summed E-state index contributed by atoms with van der Waals surface area (Å²) in [7, 11) is 5.09. The number of nitrogens with zero attached hydrogens (tertiary/aromatic N) is 2. The lowest BCUT2D eigenvalue weighted by Gasteiger charge is -2.18. The zero-order valence-corrected chi connectivity index (χ0v) is 15.5. The molecule has 2 aromatic carbocycles. The fourth-order valence-corrected chi connectivity index (χ4v) is 2.42. The summed E-state index contributed by atoms with van der Waals surface area (Å²) in [6.07, 6.45) is 0.230. The van der Waals surface area contributed by atoms with Crippen LogP contribution in [-0.4, -0.2) is 43.7 Å². The van der Waals surface area contributed by atoms with Gasteiger partial charge in [0.05, 0.1) is 11.5 Å². The van der Waals surface area contributed by atoms with Crippen molar-refractivity contribution < 1.29 is 19.2 Å². The number of nitro benzene ring substituents is 1. The monoisotopic (exact) mass is 373 g/mol. The van der Waals surface area contributed by atoms with Crippen LogP contribution in [-0.2, 0) is 0 Å². The van der Waals surface area contributed by atoms with Gasteiger partial charge >= 0.3 is 6.09 Å². The van der Waals surface area contributed by atoms with E-state index in [9.17, 15) is 14.9 Å². The van der Waals surface area contributed by atoms with Gasteiger partial charge in [-0.1, -0.05) is 12.1 Å². The van der Waals surface area contributed by atoms with Gasteiger partial charge in [0.1, 0.15) is 11.5 Å². The highest BCUT2D eigenvalue weighted by atomic mass is 16.6. The maximum absolute atomic E-state index is 11.7. The zero-order valence-electron chi connectivity index (χ0n) is 15.5. The summed E-state index contributed by atoms with van der Waals surface area (Å²) in [4.78, 5) is 23.3. The molecule has 27 heavy (non-hydrogen) atoms. The van der Waals surface area contributed by atoms with Crippen molar-refractivity contribution in [3.8, 4) is 11.5 Å². The van der Waals surface area contributed by atoms with E-state index in [0.29, 0.717) is 24.5 Å². The fraction of sp³-hybridized carbons (Fsp3) is 0.316. The smallest absolute Gasteiger partial charge is 0.414 e. The Labute approximate surface area is 157 Å². The average molecular weight is 373 g/mol. The number of amides is 1. The molecule has 8 nitrogen and oxygen atoms in total. The number of carbonyl (C=O) groups is 1. The Morgan fingerprint density at radius 1 is 1.19 bits per heavy atom. The Morgan fingerprint density at radius 2 is 1.89 bits per heavy atom. The third-order valence-corrected chi connectivity index (χ3v) is 3.90. The van der Waals surface area contributed by atoms with Crippen molar-refractivity contribution in [1.82, 2.24) is 10.2 Å². The van der Waals surface area contributed by atoms with Gasteiger partial charge in [-0.25, -0.2) is 4.79 Å². The number of ether oxygens (including phenoxy) is 2. The summed E-state index contributed by atoms with van der Waals surface area (Å²) in [6.45, 7) is 0.422. The molecule has 0 aliphatic carbocycles. The summed E-state index contributed by atoms with van der Waals surface area (Å²) in [6, 6.07) is 13.3. The van der Waals surface area contributed by atoms with Crippen LogP contribution < -0.4 is 14.8 Å². The predicted octanol–water partition coefficient (Wildman–Crippen LogP) is 3.38. The van der Waals surface area contributed by atoms with Crippen molar-refractivity contribution in [3.05, 3.63) is 64.2 Å². The zero-order chi connectivity index (χ0) is 19.8. The molecule has 8 heteroatoms. The molecular formula is C19H23N3O5. The molecule has 144 valence electrons. The number of carbonyl (C=O) groups excluding carboxylic acids is 1. The Bertz CT molecular complexity index is 777. The molecular weight excluding hydrogens is 350 g/mol. The molecule has 0 saturated carbocycles. The Kier molecular flexibility index (Phi) is 7.13. The van der Waals surface area contributed by atoms with E-state index in [1.807, 2.05) is 25.2 Å². The maximum Gasteiger partial charge on any atom is 0.414 e. The number of hydrogen-bond donors (Lipinski definition) is 1. The fourth-order valence-electron chi connectivity index (χ4n) is 2.42. The quantitative estimate of drug-likeness (QED) is 0.563. The summed E-state index contributed by atoms with van der Waals surface area (Å²) in [5.74, 6) is 1.05. The summed E-state index contributed by atoms with van der Waals surface area (Å²) in [5.41, 5.74) is 0.994. The minimum Gasteiger partial charge on any atom is -0.494 e. The molecule has 0 spiro atoms. The molecule has 0 saturated heterocycles. The lowest BCUT2D eigenvalue weighted by molar-refractivity contribution is -0.384. The van der Waals surface area contributed by atoms with Crippen LogP contribution in [0.1, 0.15) is 18.0 Å². The van der Waals surface area contributed by atoms with Crippen LogP contribution in [0.25, 0.3) is 0 Å². The summed E-state index contributed by atoms with van der Waals surface area (Å²) < 4.78 is 11.0. The van der Waals surface area contributed by atoms with Crippen LogP contribution in [0.4, 0.5) is 10.5 Å².